The Bertz CT molecular complexity index is 493. The molecule has 0 saturated carbocycles. The van der Waals surface area contributed by atoms with Crippen LogP contribution in [0, 0.1) is 0 Å². The quantitative estimate of drug-likeness (QED) is 0.813. The van der Waals surface area contributed by atoms with Crippen LogP contribution in [0.1, 0.15) is 39.3 Å². The fraction of sp³-hybridized carbons (Fsp3) is 0.667. The van der Waals surface area contributed by atoms with E-state index in [2.05, 4.69) is 48.3 Å². The van der Waals surface area contributed by atoms with Crippen LogP contribution < -0.4 is 5.32 Å². The molecular weight excluding hydrogens is 270 g/mol. The van der Waals surface area contributed by atoms with Gasteiger partial charge in [-0.15, -0.1) is 11.3 Å². The monoisotopic (exact) mass is 295 g/mol. The number of ether oxygens (including phenoxy) is 1. The summed E-state index contributed by atoms with van der Waals surface area (Å²) in [7, 11) is 1.82. The molecular formula is C15H25N3OS. The van der Waals surface area contributed by atoms with Crippen molar-refractivity contribution >= 4 is 16.3 Å². The fourth-order valence-electron chi connectivity index (χ4n) is 2.95. The summed E-state index contributed by atoms with van der Waals surface area (Å²) in [5.41, 5.74) is 1.01. The molecule has 1 N–H and O–H groups in total. The normalized spacial score (nSPS) is 14.0. The van der Waals surface area contributed by atoms with E-state index in [0.717, 1.165) is 36.5 Å². The van der Waals surface area contributed by atoms with Crippen LogP contribution in [0.2, 0.25) is 0 Å². The maximum atomic E-state index is 5.88. The Morgan fingerprint density at radius 2 is 2.15 bits per heavy atom. The van der Waals surface area contributed by atoms with Crippen LogP contribution in [0.25, 0.3) is 4.96 Å². The molecule has 1 unspecified atom stereocenters. The van der Waals surface area contributed by atoms with Gasteiger partial charge in [-0.1, -0.05) is 20.8 Å². The third kappa shape index (κ3) is 2.90. The van der Waals surface area contributed by atoms with E-state index in [0.29, 0.717) is 0 Å². The summed E-state index contributed by atoms with van der Waals surface area (Å²) in [4.78, 5) is 5.76. The van der Waals surface area contributed by atoms with E-state index < -0.39 is 0 Å². The molecule has 1 atom stereocenters. The first kappa shape index (κ1) is 15.5. The maximum Gasteiger partial charge on any atom is 0.193 e. The van der Waals surface area contributed by atoms with E-state index in [4.69, 9.17) is 9.72 Å². The molecule has 0 bridgehead atoms. The number of aromatic nitrogens is 2. The van der Waals surface area contributed by atoms with E-state index in [1.807, 2.05) is 7.11 Å². The first-order chi connectivity index (χ1) is 9.69. The van der Waals surface area contributed by atoms with Crippen molar-refractivity contribution in [1.29, 1.82) is 0 Å². The van der Waals surface area contributed by atoms with Crippen molar-refractivity contribution in [3.05, 3.63) is 23.5 Å². The molecule has 2 aromatic heterocycles. The van der Waals surface area contributed by atoms with Crippen LogP contribution in [0.3, 0.4) is 0 Å². The molecule has 0 radical (unpaired) electrons. The minimum atomic E-state index is -0.118. The maximum absolute atomic E-state index is 5.88. The summed E-state index contributed by atoms with van der Waals surface area (Å²) in [5.74, 6) is 0. The molecule has 5 heteroatoms. The number of imidazole rings is 1. The van der Waals surface area contributed by atoms with Gasteiger partial charge < -0.3 is 10.1 Å². The van der Waals surface area contributed by atoms with Crippen molar-refractivity contribution in [1.82, 2.24) is 14.7 Å². The van der Waals surface area contributed by atoms with Gasteiger partial charge in [0.15, 0.2) is 4.96 Å². The van der Waals surface area contributed by atoms with Gasteiger partial charge in [-0.25, -0.2) is 4.98 Å². The van der Waals surface area contributed by atoms with Gasteiger partial charge in [0, 0.05) is 37.3 Å². The Morgan fingerprint density at radius 3 is 2.70 bits per heavy atom. The molecule has 2 aromatic rings. The molecule has 0 aliphatic carbocycles. The number of methoxy groups -OCH3 is 1. The summed E-state index contributed by atoms with van der Waals surface area (Å²) in [5, 5.41) is 5.65. The van der Waals surface area contributed by atoms with Crippen molar-refractivity contribution in [2.75, 3.05) is 13.7 Å². The average Bonchev–Trinajstić information content (AvgIpc) is 3.02. The van der Waals surface area contributed by atoms with Gasteiger partial charge in [-0.3, -0.25) is 4.40 Å². The highest BCUT2D eigenvalue weighted by Gasteiger charge is 2.35. The second-order valence-electron chi connectivity index (χ2n) is 5.12. The molecule has 2 heterocycles. The fourth-order valence-corrected chi connectivity index (χ4v) is 3.67. The van der Waals surface area contributed by atoms with Crippen LogP contribution in [0.5, 0.6) is 0 Å². The number of nitrogens with zero attached hydrogens (tertiary/aromatic N) is 2. The van der Waals surface area contributed by atoms with Gasteiger partial charge in [0.05, 0.1) is 11.3 Å². The molecule has 0 aliphatic heterocycles. The van der Waals surface area contributed by atoms with Crippen molar-refractivity contribution in [3.8, 4) is 0 Å². The van der Waals surface area contributed by atoms with Crippen molar-refractivity contribution < 1.29 is 4.74 Å². The lowest BCUT2D eigenvalue weighted by molar-refractivity contribution is -0.0470. The zero-order valence-electron chi connectivity index (χ0n) is 12.8. The summed E-state index contributed by atoms with van der Waals surface area (Å²) in [6, 6.07) is 0.289. The third-order valence-corrected chi connectivity index (χ3v) is 5.02. The van der Waals surface area contributed by atoms with Crippen LogP contribution in [0.4, 0.5) is 0 Å². The number of rotatable bonds is 8. The van der Waals surface area contributed by atoms with E-state index in [-0.39, 0.29) is 11.6 Å². The first-order valence-electron chi connectivity index (χ1n) is 7.38. The molecule has 112 valence electrons. The minimum absolute atomic E-state index is 0.118. The van der Waals surface area contributed by atoms with Gasteiger partial charge >= 0.3 is 0 Å². The number of hydrogen-bond donors (Lipinski definition) is 1. The van der Waals surface area contributed by atoms with Crippen LogP contribution in [-0.2, 0) is 11.2 Å². The molecule has 0 aliphatic rings. The van der Waals surface area contributed by atoms with Crippen molar-refractivity contribution in [2.24, 2.45) is 0 Å². The second-order valence-corrected chi connectivity index (χ2v) is 5.99. The molecule has 0 amide bonds. The number of fused-ring (bicyclic) bond motifs is 1. The summed E-state index contributed by atoms with van der Waals surface area (Å²) >= 11 is 1.67. The Kier molecular flexibility index (Phi) is 5.18. The largest absolute Gasteiger partial charge is 0.377 e. The Hall–Kier alpha value is -0.910. The lowest BCUT2D eigenvalue weighted by Gasteiger charge is -2.38. The second kappa shape index (κ2) is 6.70. The number of nitrogens with one attached hydrogen (secondary N) is 1. The predicted octanol–water partition coefficient (Wildman–Crippen LogP) is 3.12. The Labute approximate surface area is 125 Å². The van der Waals surface area contributed by atoms with Gasteiger partial charge in [-0.2, -0.15) is 0 Å². The van der Waals surface area contributed by atoms with E-state index in [1.54, 1.807) is 11.3 Å². The summed E-state index contributed by atoms with van der Waals surface area (Å²) in [6.07, 6.45) is 7.08. The molecule has 0 aromatic carbocycles. The molecule has 0 spiro atoms. The van der Waals surface area contributed by atoms with E-state index >= 15 is 0 Å². The number of hydrogen-bond acceptors (Lipinski definition) is 4. The Balaban J connectivity index is 2.21. The highest BCUT2D eigenvalue weighted by Crippen LogP contribution is 2.27. The van der Waals surface area contributed by atoms with Crippen molar-refractivity contribution in [2.45, 2.75) is 51.7 Å². The molecule has 4 nitrogen and oxygen atoms in total. The standard InChI is InChI=1S/C15H25N3OS/c1-5-15(6-2,19-4)13(16-7-3)10-12-11-18-8-9-20-14(18)17-12/h8-9,11,13,16H,5-7,10H2,1-4H3. The van der Waals surface area contributed by atoms with E-state index in [9.17, 15) is 0 Å². The van der Waals surface area contributed by atoms with Gasteiger partial charge in [0.25, 0.3) is 0 Å². The Morgan fingerprint density at radius 1 is 1.40 bits per heavy atom. The van der Waals surface area contributed by atoms with Gasteiger partial charge in [0.2, 0.25) is 0 Å². The van der Waals surface area contributed by atoms with Crippen LogP contribution in [-0.4, -0.2) is 34.7 Å². The molecule has 0 saturated heterocycles. The van der Waals surface area contributed by atoms with Gasteiger partial charge in [0.1, 0.15) is 0 Å². The number of likely N-dealkylation sites (N-methyl/N-ethyl adjacent to an activating group) is 1. The zero-order chi connectivity index (χ0) is 14.6. The van der Waals surface area contributed by atoms with Crippen LogP contribution in [0.15, 0.2) is 17.8 Å². The lowest BCUT2D eigenvalue weighted by atomic mass is 9.85. The molecule has 2 rings (SSSR count). The van der Waals surface area contributed by atoms with E-state index in [1.165, 1.54) is 0 Å². The first-order valence-corrected chi connectivity index (χ1v) is 8.26. The highest BCUT2D eigenvalue weighted by molar-refractivity contribution is 7.15. The summed E-state index contributed by atoms with van der Waals surface area (Å²) < 4.78 is 7.98. The zero-order valence-corrected chi connectivity index (χ0v) is 13.7. The molecule has 20 heavy (non-hydrogen) atoms. The summed E-state index contributed by atoms with van der Waals surface area (Å²) in [6.45, 7) is 7.48. The average molecular weight is 295 g/mol. The smallest absolute Gasteiger partial charge is 0.193 e. The topological polar surface area (TPSA) is 38.6 Å². The third-order valence-electron chi connectivity index (χ3n) is 4.25. The highest BCUT2D eigenvalue weighted by atomic mass is 32.1. The lowest BCUT2D eigenvalue weighted by Crippen LogP contribution is -2.52. The molecule has 0 fully saturated rings. The van der Waals surface area contributed by atoms with Crippen LogP contribution >= 0.6 is 11.3 Å². The van der Waals surface area contributed by atoms with Crippen molar-refractivity contribution in [3.63, 3.8) is 0 Å². The van der Waals surface area contributed by atoms with Gasteiger partial charge in [-0.05, 0) is 19.4 Å². The minimum Gasteiger partial charge on any atom is -0.377 e. The predicted molar refractivity (Wildman–Crippen MR) is 84.6 cm³/mol. The number of thiazole rings is 1. The SMILES string of the molecule is CCNC(Cc1cn2ccsc2n1)C(CC)(CC)OC.